The van der Waals surface area contributed by atoms with Crippen LogP contribution in [0, 0.1) is 5.92 Å². The van der Waals surface area contributed by atoms with Crippen LogP contribution in [0.2, 0.25) is 0 Å². The number of amides is 1. The number of fused-ring (bicyclic) bond motifs is 1. The molecule has 1 aromatic carbocycles. The number of rotatable bonds is 4. The molecule has 4 rings (SSSR count). The van der Waals surface area contributed by atoms with Gasteiger partial charge in [0, 0.05) is 18.0 Å². The lowest BCUT2D eigenvalue weighted by atomic mass is 9.97. The van der Waals surface area contributed by atoms with Crippen LogP contribution in [0.3, 0.4) is 0 Å². The first-order chi connectivity index (χ1) is 12.2. The number of nitrogen functional groups attached to an aromatic ring is 1. The quantitative estimate of drug-likeness (QED) is 0.839. The predicted octanol–water partition coefficient (Wildman–Crippen LogP) is 5.03. The van der Waals surface area contributed by atoms with Crippen molar-refractivity contribution in [3.8, 4) is 0 Å². The third-order valence-corrected chi connectivity index (χ3v) is 5.99. The predicted molar refractivity (Wildman–Crippen MR) is 108 cm³/mol. The van der Waals surface area contributed by atoms with Crippen molar-refractivity contribution in [2.75, 3.05) is 12.3 Å². The van der Waals surface area contributed by atoms with Gasteiger partial charge in [-0.25, -0.2) is 4.98 Å². The van der Waals surface area contributed by atoms with Crippen LogP contribution >= 0.6 is 0 Å². The molecule has 0 spiro atoms. The van der Waals surface area contributed by atoms with Gasteiger partial charge in [-0.2, -0.15) is 0 Å². The first-order valence-electron chi connectivity index (χ1n) is 9.68. The van der Waals surface area contributed by atoms with E-state index in [-0.39, 0.29) is 13.3 Å². The minimum atomic E-state index is 0. The average molecular weight is 354 g/mol. The van der Waals surface area contributed by atoms with E-state index in [0.29, 0.717) is 17.4 Å². The molecule has 26 heavy (non-hydrogen) atoms. The highest BCUT2D eigenvalue weighted by Crippen LogP contribution is 2.32. The molecule has 2 aliphatic rings. The molecule has 1 saturated carbocycles. The maximum atomic E-state index is 13.3. The molecule has 0 unspecified atom stereocenters. The van der Waals surface area contributed by atoms with Gasteiger partial charge in [0.15, 0.2) is 0 Å². The van der Waals surface area contributed by atoms with Crippen LogP contribution in [0.15, 0.2) is 30.3 Å². The summed E-state index contributed by atoms with van der Waals surface area (Å²) in [7, 11) is 0. The Hall–Kier alpha value is -2.10. The molecule has 1 aromatic heterocycles. The lowest BCUT2D eigenvalue weighted by Gasteiger charge is -2.26. The van der Waals surface area contributed by atoms with Gasteiger partial charge in [-0.05, 0) is 43.7 Å². The van der Waals surface area contributed by atoms with E-state index in [1.54, 1.807) is 6.07 Å². The van der Waals surface area contributed by atoms with E-state index < -0.39 is 0 Å². The molecule has 0 radical (unpaired) electrons. The lowest BCUT2D eigenvalue weighted by Crippen LogP contribution is -2.36. The number of likely N-dealkylation sites (tertiary alicyclic amines) is 1. The molecule has 0 bridgehead atoms. The van der Waals surface area contributed by atoms with Crippen molar-refractivity contribution in [2.24, 2.45) is 5.92 Å². The van der Waals surface area contributed by atoms with Crippen LogP contribution in [0.5, 0.6) is 0 Å². The zero-order chi connectivity index (χ0) is 17.2. The first-order valence-corrected chi connectivity index (χ1v) is 9.68. The van der Waals surface area contributed by atoms with Crippen molar-refractivity contribution in [1.29, 1.82) is 0 Å². The van der Waals surface area contributed by atoms with Crippen molar-refractivity contribution < 1.29 is 4.79 Å². The van der Waals surface area contributed by atoms with Crippen LogP contribution in [-0.2, 0) is 0 Å². The number of para-hydroxylation sites is 1. The van der Waals surface area contributed by atoms with Gasteiger partial charge in [-0.3, -0.25) is 4.79 Å². The molecule has 2 N–H and O–H groups in total. The summed E-state index contributed by atoms with van der Waals surface area (Å²) >= 11 is 0. The highest BCUT2D eigenvalue weighted by molar-refractivity contribution is 6.07. The Balaban J connectivity index is 0.00000196. The van der Waals surface area contributed by atoms with E-state index in [1.165, 1.54) is 32.1 Å². The molecule has 4 nitrogen and oxygen atoms in total. The van der Waals surface area contributed by atoms with Crippen molar-refractivity contribution in [3.05, 3.63) is 35.9 Å². The van der Waals surface area contributed by atoms with Gasteiger partial charge in [-0.1, -0.05) is 51.3 Å². The van der Waals surface area contributed by atoms with Crippen molar-refractivity contribution in [3.63, 3.8) is 0 Å². The Morgan fingerprint density at radius 1 is 1.12 bits per heavy atom. The maximum absolute atomic E-state index is 13.3. The van der Waals surface area contributed by atoms with Gasteiger partial charge >= 0.3 is 0 Å². The standard InChI is InChI=1S/C21H27N3O.CH4/c22-20-14-18(17-9-3-4-10-19(17)23-20)21(25)24-13-5-8-16(24)12-11-15-6-1-2-7-15;/h3-4,9-10,14-16H,1-2,5-8,11-13H2,(H2,22,23);1H4/t16-;/m0./s1. The number of hydrogen-bond acceptors (Lipinski definition) is 3. The van der Waals surface area contributed by atoms with E-state index in [2.05, 4.69) is 9.88 Å². The summed E-state index contributed by atoms with van der Waals surface area (Å²) in [5, 5.41) is 0.906. The molecule has 2 aromatic rings. The zero-order valence-corrected chi connectivity index (χ0v) is 14.8. The van der Waals surface area contributed by atoms with Gasteiger partial charge in [0.05, 0.1) is 11.1 Å². The second-order valence-corrected chi connectivity index (χ2v) is 7.63. The normalized spacial score (nSPS) is 20.5. The summed E-state index contributed by atoms with van der Waals surface area (Å²) in [5.74, 6) is 1.43. The topological polar surface area (TPSA) is 59.2 Å². The Morgan fingerprint density at radius 3 is 2.69 bits per heavy atom. The Bertz CT molecular complexity index is 767. The van der Waals surface area contributed by atoms with Gasteiger partial charge in [0.25, 0.3) is 5.91 Å². The molecular formula is C22H31N3O. The number of aromatic nitrogens is 1. The molecule has 4 heteroatoms. The number of nitrogens with two attached hydrogens (primary N) is 1. The second-order valence-electron chi connectivity index (χ2n) is 7.63. The van der Waals surface area contributed by atoms with Crippen molar-refractivity contribution in [2.45, 2.75) is 64.8 Å². The number of hydrogen-bond donors (Lipinski definition) is 1. The summed E-state index contributed by atoms with van der Waals surface area (Å²) in [6, 6.07) is 9.92. The molecule has 1 aliphatic carbocycles. The molecule has 1 atom stereocenters. The molecule has 1 aliphatic heterocycles. The van der Waals surface area contributed by atoms with Gasteiger partial charge in [0.1, 0.15) is 5.82 Å². The minimum Gasteiger partial charge on any atom is -0.384 e. The van der Waals surface area contributed by atoms with Crippen molar-refractivity contribution in [1.82, 2.24) is 9.88 Å². The van der Waals surface area contributed by atoms with Crippen LogP contribution in [0.4, 0.5) is 5.82 Å². The third-order valence-electron chi connectivity index (χ3n) is 5.99. The fourth-order valence-electron chi connectivity index (χ4n) is 4.66. The van der Waals surface area contributed by atoms with Gasteiger partial charge in [-0.15, -0.1) is 0 Å². The van der Waals surface area contributed by atoms with E-state index in [4.69, 9.17) is 5.73 Å². The number of nitrogens with zero attached hydrogens (tertiary/aromatic N) is 2. The number of pyridine rings is 1. The van der Waals surface area contributed by atoms with Crippen LogP contribution in [-0.4, -0.2) is 28.4 Å². The smallest absolute Gasteiger partial charge is 0.254 e. The minimum absolute atomic E-state index is 0. The average Bonchev–Trinajstić information content (AvgIpc) is 3.30. The third kappa shape index (κ3) is 3.69. The lowest BCUT2D eigenvalue weighted by molar-refractivity contribution is 0.0727. The molecule has 1 amide bonds. The monoisotopic (exact) mass is 353 g/mol. The van der Waals surface area contributed by atoms with Gasteiger partial charge < -0.3 is 10.6 Å². The first kappa shape index (κ1) is 18.7. The largest absolute Gasteiger partial charge is 0.384 e. The summed E-state index contributed by atoms with van der Waals surface area (Å²) < 4.78 is 0. The number of anilines is 1. The Morgan fingerprint density at radius 2 is 1.88 bits per heavy atom. The summed E-state index contributed by atoms with van der Waals surface area (Å²) in [5.41, 5.74) is 7.46. The molecule has 2 heterocycles. The zero-order valence-electron chi connectivity index (χ0n) is 14.8. The number of carbonyl (C=O) groups excluding carboxylic acids is 1. The Labute approximate surface area is 156 Å². The van der Waals surface area contributed by atoms with Crippen molar-refractivity contribution >= 4 is 22.6 Å². The van der Waals surface area contributed by atoms with E-state index in [1.807, 2.05) is 24.3 Å². The van der Waals surface area contributed by atoms with E-state index >= 15 is 0 Å². The van der Waals surface area contributed by atoms with E-state index in [9.17, 15) is 4.79 Å². The maximum Gasteiger partial charge on any atom is 0.254 e. The SMILES string of the molecule is C.Nc1cc(C(=O)N2CCC[C@H]2CCC2CCCC2)c2ccccc2n1. The highest BCUT2D eigenvalue weighted by atomic mass is 16.2. The fourth-order valence-corrected chi connectivity index (χ4v) is 4.66. The summed E-state index contributed by atoms with van der Waals surface area (Å²) in [4.78, 5) is 19.7. The molecule has 1 saturated heterocycles. The van der Waals surface area contributed by atoms with Crippen LogP contribution in [0.1, 0.15) is 69.2 Å². The number of benzene rings is 1. The molecule has 140 valence electrons. The summed E-state index contributed by atoms with van der Waals surface area (Å²) in [6.07, 6.45) is 10.2. The van der Waals surface area contributed by atoms with Crippen LogP contribution < -0.4 is 5.73 Å². The molecule has 2 fully saturated rings. The Kier molecular flexibility index (Phi) is 5.80. The number of carbonyl (C=O) groups is 1. The van der Waals surface area contributed by atoms with E-state index in [0.717, 1.165) is 42.6 Å². The van der Waals surface area contributed by atoms with Crippen LogP contribution in [0.25, 0.3) is 10.9 Å². The highest BCUT2D eigenvalue weighted by Gasteiger charge is 2.31. The summed E-state index contributed by atoms with van der Waals surface area (Å²) in [6.45, 7) is 0.866. The fraction of sp³-hybridized carbons (Fsp3) is 0.545. The second kappa shape index (κ2) is 8.07. The molecular weight excluding hydrogens is 322 g/mol. The van der Waals surface area contributed by atoms with Gasteiger partial charge in [0.2, 0.25) is 0 Å².